The first-order chi connectivity index (χ1) is 9.38. The van der Waals surface area contributed by atoms with Gasteiger partial charge in [0, 0.05) is 35.4 Å². The maximum absolute atomic E-state index is 12.7. The molecule has 20 heavy (non-hydrogen) atoms. The van der Waals surface area contributed by atoms with Crippen molar-refractivity contribution < 1.29 is 0 Å². The minimum atomic E-state index is -0.224. The predicted octanol–water partition coefficient (Wildman–Crippen LogP) is 2.74. The Bertz CT molecular complexity index is 549. The Labute approximate surface area is 124 Å². The number of rotatable bonds is 1. The summed E-state index contributed by atoms with van der Waals surface area (Å²) in [5.41, 5.74) is -0.205. The highest BCUT2D eigenvalue weighted by molar-refractivity contribution is 6.20. The van der Waals surface area contributed by atoms with E-state index in [2.05, 4.69) is 9.88 Å². The van der Waals surface area contributed by atoms with Crippen molar-refractivity contribution in [2.24, 2.45) is 0 Å². The van der Waals surface area contributed by atoms with E-state index in [0.29, 0.717) is 17.9 Å². The molecule has 2 aliphatic heterocycles. The van der Waals surface area contributed by atoms with Gasteiger partial charge in [-0.15, -0.1) is 11.6 Å². The number of aromatic nitrogens is 2. The zero-order valence-corrected chi connectivity index (χ0v) is 13.1. The summed E-state index contributed by atoms with van der Waals surface area (Å²) in [7, 11) is 0. The second-order valence-electron chi connectivity index (χ2n) is 6.96. The normalized spacial score (nSPS) is 29.8. The molecule has 0 amide bonds. The van der Waals surface area contributed by atoms with Crippen molar-refractivity contribution in [3.05, 3.63) is 22.7 Å². The van der Waals surface area contributed by atoms with Crippen LogP contribution in [-0.4, -0.2) is 27.0 Å². The number of hydrogen-bond acceptors (Lipinski definition) is 3. The molecular weight excluding hydrogens is 274 g/mol. The Hall–Kier alpha value is -1.03. The van der Waals surface area contributed by atoms with Gasteiger partial charge >= 0.3 is 0 Å². The molecule has 0 N–H and O–H groups in total. The topological polar surface area (TPSA) is 38.1 Å². The van der Waals surface area contributed by atoms with E-state index < -0.39 is 0 Å². The van der Waals surface area contributed by atoms with Gasteiger partial charge in [0.2, 0.25) is 0 Å². The van der Waals surface area contributed by atoms with Gasteiger partial charge in [0.25, 0.3) is 5.56 Å². The molecule has 2 saturated heterocycles. The van der Waals surface area contributed by atoms with Gasteiger partial charge in [-0.2, -0.15) is 0 Å². The van der Waals surface area contributed by atoms with E-state index in [4.69, 9.17) is 11.6 Å². The van der Waals surface area contributed by atoms with Gasteiger partial charge < -0.3 is 9.47 Å². The fourth-order valence-corrected chi connectivity index (χ4v) is 3.97. The summed E-state index contributed by atoms with van der Waals surface area (Å²) in [6.07, 6.45) is 7.70. The van der Waals surface area contributed by atoms with Crippen LogP contribution >= 0.6 is 11.6 Å². The molecule has 2 bridgehead atoms. The summed E-state index contributed by atoms with van der Waals surface area (Å²) in [5, 5.41) is 0.248. The van der Waals surface area contributed by atoms with Gasteiger partial charge in [-0.3, -0.25) is 4.79 Å². The largest absolute Gasteiger partial charge is 0.346 e. The van der Waals surface area contributed by atoms with Crippen LogP contribution in [-0.2, 0) is 5.54 Å². The summed E-state index contributed by atoms with van der Waals surface area (Å²) in [5.74, 6) is 0.610. The molecule has 0 spiro atoms. The number of alkyl halides is 1. The Morgan fingerprint density at radius 1 is 1.25 bits per heavy atom. The first kappa shape index (κ1) is 13.9. The zero-order chi connectivity index (χ0) is 14.5. The van der Waals surface area contributed by atoms with Crippen molar-refractivity contribution >= 4 is 17.4 Å². The second-order valence-corrected chi connectivity index (χ2v) is 7.57. The summed E-state index contributed by atoms with van der Waals surface area (Å²) in [4.78, 5) is 19.4. The van der Waals surface area contributed by atoms with Crippen LogP contribution in [0, 0.1) is 0 Å². The van der Waals surface area contributed by atoms with Gasteiger partial charge in [0.15, 0.2) is 5.82 Å². The minimum absolute atomic E-state index is 0.0184. The molecule has 110 valence electrons. The Balaban J connectivity index is 2.02. The van der Waals surface area contributed by atoms with Crippen LogP contribution in [0.25, 0.3) is 0 Å². The molecule has 2 aliphatic rings. The van der Waals surface area contributed by atoms with Crippen molar-refractivity contribution in [3.63, 3.8) is 0 Å². The molecule has 0 radical (unpaired) electrons. The van der Waals surface area contributed by atoms with E-state index in [1.807, 2.05) is 20.8 Å². The molecule has 3 heterocycles. The standard InChI is InChI=1S/C15H22ClN3O/c1-15(2,3)18-7-6-17-13(14(18)20)19-11-4-5-12(19)9-10(16)8-11/h6-7,10-12H,4-5,8-9H2,1-3H3. The second kappa shape index (κ2) is 4.76. The molecule has 2 atom stereocenters. The molecule has 4 nitrogen and oxygen atoms in total. The highest BCUT2D eigenvalue weighted by Crippen LogP contribution is 2.39. The highest BCUT2D eigenvalue weighted by atomic mass is 35.5. The number of nitrogens with zero attached hydrogens (tertiary/aromatic N) is 3. The molecule has 0 saturated carbocycles. The van der Waals surface area contributed by atoms with Crippen LogP contribution in [0.15, 0.2) is 17.2 Å². The quantitative estimate of drug-likeness (QED) is 0.748. The molecule has 2 fully saturated rings. The van der Waals surface area contributed by atoms with Gasteiger partial charge in [0.1, 0.15) is 0 Å². The summed E-state index contributed by atoms with van der Waals surface area (Å²) >= 11 is 6.31. The third-order valence-corrected chi connectivity index (χ3v) is 4.82. The predicted molar refractivity (Wildman–Crippen MR) is 81.7 cm³/mol. The molecule has 2 unspecified atom stereocenters. The number of hydrogen-bond donors (Lipinski definition) is 0. The fourth-order valence-electron chi connectivity index (χ4n) is 3.56. The van der Waals surface area contributed by atoms with Crippen molar-refractivity contribution in [1.29, 1.82) is 0 Å². The Morgan fingerprint density at radius 2 is 1.85 bits per heavy atom. The Morgan fingerprint density at radius 3 is 2.40 bits per heavy atom. The highest BCUT2D eigenvalue weighted by Gasteiger charge is 2.42. The van der Waals surface area contributed by atoms with E-state index in [1.54, 1.807) is 17.0 Å². The van der Waals surface area contributed by atoms with E-state index in [-0.39, 0.29) is 16.5 Å². The van der Waals surface area contributed by atoms with Crippen LogP contribution in [0.5, 0.6) is 0 Å². The van der Waals surface area contributed by atoms with Crippen LogP contribution in [0.4, 0.5) is 5.82 Å². The smallest absolute Gasteiger partial charge is 0.294 e. The average molecular weight is 296 g/mol. The van der Waals surface area contributed by atoms with E-state index in [9.17, 15) is 4.79 Å². The van der Waals surface area contributed by atoms with Gasteiger partial charge in [-0.25, -0.2) is 4.98 Å². The minimum Gasteiger partial charge on any atom is -0.346 e. The molecule has 0 aliphatic carbocycles. The lowest BCUT2D eigenvalue weighted by Crippen LogP contribution is -2.48. The van der Waals surface area contributed by atoms with Crippen molar-refractivity contribution in [2.75, 3.05) is 4.90 Å². The van der Waals surface area contributed by atoms with E-state index >= 15 is 0 Å². The van der Waals surface area contributed by atoms with Gasteiger partial charge in [0.05, 0.1) is 0 Å². The molecule has 1 aromatic rings. The lowest BCUT2D eigenvalue weighted by molar-refractivity contribution is 0.379. The van der Waals surface area contributed by atoms with Crippen LogP contribution in [0.2, 0.25) is 0 Å². The molecule has 0 aromatic carbocycles. The zero-order valence-electron chi connectivity index (χ0n) is 12.3. The SMILES string of the molecule is CC(C)(C)n1ccnc(N2C3CCC2CC(Cl)C3)c1=O. The molecular formula is C15H22ClN3O. The average Bonchev–Trinajstić information content (AvgIpc) is 2.61. The van der Waals surface area contributed by atoms with Crippen LogP contribution in [0.1, 0.15) is 46.5 Å². The molecule has 5 heteroatoms. The lowest BCUT2D eigenvalue weighted by Gasteiger charge is -2.38. The first-order valence-corrected chi connectivity index (χ1v) is 7.82. The monoisotopic (exact) mass is 295 g/mol. The first-order valence-electron chi connectivity index (χ1n) is 7.38. The van der Waals surface area contributed by atoms with Gasteiger partial charge in [-0.05, 0) is 46.5 Å². The number of anilines is 1. The number of piperidine rings is 1. The van der Waals surface area contributed by atoms with Gasteiger partial charge in [-0.1, -0.05) is 0 Å². The molecule has 1 aromatic heterocycles. The van der Waals surface area contributed by atoms with E-state index in [0.717, 1.165) is 25.7 Å². The maximum atomic E-state index is 12.7. The number of fused-ring (bicyclic) bond motifs is 2. The Kier molecular flexibility index (Phi) is 3.32. The van der Waals surface area contributed by atoms with Crippen molar-refractivity contribution in [1.82, 2.24) is 9.55 Å². The molecule has 3 rings (SSSR count). The summed E-state index contributed by atoms with van der Waals surface area (Å²) in [6.45, 7) is 6.12. The number of halogens is 1. The summed E-state index contributed by atoms with van der Waals surface area (Å²) < 4.78 is 1.78. The van der Waals surface area contributed by atoms with E-state index in [1.165, 1.54) is 0 Å². The van der Waals surface area contributed by atoms with Crippen LogP contribution < -0.4 is 10.5 Å². The third-order valence-electron chi connectivity index (χ3n) is 4.47. The maximum Gasteiger partial charge on any atom is 0.294 e. The third kappa shape index (κ3) is 2.24. The fraction of sp³-hybridized carbons (Fsp3) is 0.733. The summed E-state index contributed by atoms with van der Waals surface area (Å²) in [6, 6.07) is 0.763. The lowest BCUT2D eigenvalue weighted by atomic mass is 10.0. The van der Waals surface area contributed by atoms with Crippen LogP contribution in [0.3, 0.4) is 0 Å². The van der Waals surface area contributed by atoms with Crippen molar-refractivity contribution in [2.45, 2.75) is 69.5 Å². The van der Waals surface area contributed by atoms with Crippen molar-refractivity contribution in [3.8, 4) is 0 Å².